The number of hydrogen-bond acceptors (Lipinski definition) is 1. The third kappa shape index (κ3) is 6.88. The van der Waals surface area contributed by atoms with Gasteiger partial charge in [0.25, 0.3) is 0 Å². The highest BCUT2D eigenvalue weighted by atomic mass is 15.0. The molecule has 68 heavy (non-hydrogen) atoms. The van der Waals surface area contributed by atoms with Crippen molar-refractivity contribution in [3.8, 4) is 78.4 Å². The summed E-state index contributed by atoms with van der Waals surface area (Å²) in [6.45, 7) is 0. The minimum Gasteiger partial charge on any atom is -0.309 e. The summed E-state index contributed by atoms with van der Waals surface area (Å²) in [4.78, 5) is 5.15. The fourth-order valence-corrected chi connectivity index (χ4v) is 10.2. The fourth-order valence-electron chi connectivity index (χ4n) is 10.2. The monoisotopic (exact) mass is 865 g/mol. The van der Waals surface area contributed by atoms with Crippen LogP contribution in [-0.4, -0.2) is 14.1 Å². The molecule has 0 bridgehead atoms. The zero-order chi connectivity index (χ0) is 45.0. The van der Waals surface area contributed by atoms with Crippen molar-refractivity contribution >= 4 is 43.6 Å². The Bertz CT molecular complexity index is 3880. The van der Waals surface area contributed by atoms with E-state index in [0.29, 0.717) is 0 Å². The molecule has 0 aliphatic heterocycles. The van der Waals surface area contributed by atoms with Crippen molar-refractivity contribution < 1.29 is 0 Å². The zero-order valence-corrected chi connectivity index (χ0v) is 37.2. The SMILES string of the molecule is c1ccc(-c2cc(-c3ccccc3)cc(-n3c4ccccc4c4cc(-c5ccc6c(c5)c5ccccc5n6-c5cccc(-c6cc(-c7ccccc7)nc(-c7ccccc7)c6)c5)ccc43)c2)cc1. The molecule has 0 aliphatic rings. The highest BCUT2D eigenvalue weighted by Crippen LogP contribution is 2.41. The molecule has 0 saturated heterocycles. The summed E-state index contributed by atoms with van der Waals surface area (Å²) in [5, 5.41) is 4.90. The van der Waals surface area contributed by atoms with Crippen LogP contribution in [0.4, 0.5) is 0 Å². The van der Waals surface area contributed by atoms with Crippen LogP contribution in [0.1, 0.15) is 0 Å². The second kappa shape index (κ2) is 16.4. The van der Waals surface area contributed by atoms with Crippen LogP contribution in [0.15, 0.2) is 261 Å². The molecule has 0 aliphatic carbocycles. The Morgan fingerprint density at radius 3 is 1.07 bits per heavy atom. The summed E-state index contributed by atoms with van der Waals surface area (Å²) in [5.41, 5.74) is 20.5. The second-order valence-electron chi connectivity index (χ2n) is 17.6. The van der Waals surface area contributed by atoms with Crippen molar-refractivity contribution in [2.24, 2.45) is 0 Å². The Hall–Kier alpha value is -9.05. The molecular formula is C65H43N3. The summed E-state index contributed by atoms with van der Waals surface area (Å²) >= 11 is 0. The first-order chi connectivity index (χ1) is 33.7. The lowest BCUT2D eigenvalue weighted by molar-refractivity contribution is 1.18. The van der Waals surface area contributed by atoms with Gasteiger partial charge in [-0.25, -0.2) is 4.98 Å². The van der Waals surface area contributed by atoms with E-state index in [1.54, 1.807) is 0 Å². The summed E-state index contributed by atoms with van der Waals surface area (Å²) in [6, 6.07) is 94.3. The van der Waals surface area contributed by atoms with E-state index in [2.05, 4.69) is 270 Å². The smallest absolute Gasteiger partial charge is 0.0715 e. The Morgan fingerprint density at radius 1 is 0.206 bits per heavy atom. The highest BCUT2D eigenvalue weighted by Gasteiger charge is 2.18. The molecule has 0 saturated carbocycles. The molecule has 0 radical (unpaired) electrons. The van der Waals surface area contributed by atoms with Gasteiger partial charge in [0.2, 0.25) is 0 Å². The number of nitrogens with zero attached hydrogens (tertiary/aromatic N) is 3. The average Bonchev–Trinajstić information content (AvgIpc) is 3.94. The van der Waals surface area contributed by atoms with E-state index in [-0.39, 0.29) is 0 Å². The molecule has 13 aromatic rings. The van der Waals surface area contributed by atoms with Gasteiger partial charge in [0, 0.05) is 44.0 Å². The van der Waals surface area contributed by atoms with Crippen LogP contribution in [0.3, 0.4) is 0 Å². The maximum Gasteiger partial charge on any atom is 0.0715 e. The van der Waals surface area contributed by atoms with Crippen molar-refractivity contribution in [2.75, 3.05) is 0 Å². The number of aromatic nitrogens is 3. The molecule has 0 fully saturated rings. The van der Waals surface area contributed by atoms with E-state index in [4.69, 9.17) is 4.98 Å². The van der Waals surface area contributed by atoms with Gasteiger partial charge >= 0.3 is 0 Å². The maximum absolute atomic E-state index is 5.15. The first kappa shape index (κ1) is 39.3. The number of fused-ring (bicyclic) bond motifs is 6. The lowest BCUT2D eigenvalue weighted by atomic mass is 9.98. The van der Waals surface area contributed by atoms with Gasteiger partial charge in [-0.15, -0.1) is 0 Å². The Balaban J connectivity index is 0.930. The molecular weight excluding hydrogens is 823 g/mol. The molecule has 0 unspecified atom stereocenters. The van der Waals surface area contributed by atoms with E-state index < -0.39 is 0 Å². The second-order valence-corrected chi connectivity index (χ2v) is 17.6. The fraction of sp³-hybridized carbons (Fsp3) is 0. The van der Waals surface area contributed by atoms with Crippen LogP contribution < -0.4 is 0 Å². The van der Waals surface area contributed by atoms with Gasteiger partial charge in [0.15, 0.2) is 0 Å². The van der Waals surface area contributed by atoms with E-state index in [1.807, 2.05) is 0 Å². The number of hydrogen-bond donors (Lipinski definition) is 0. The van der Waals surface area contributed by atoms with Crippen molar-refractivity contribution in [3.05, 3.63) is 261 Å². The van der Waals surface area contributed by atoms with Gasteiger partial charge in [-0.3, -0.25) is 0 Å². The molecule has 0 atom stereocenters. The number of para-hydroxylation sites is 2. The molecule has 3 heteroatoms. The number of benzene rings is 10. The first-order valence-corrected chi connectivity index (χ1v) is 23.3. The summed E-state index contributed by atoms with van der Waals surface area (Å²) in [6.07, 6.45) is 0. The summed E-state index contributed by atoms with van der Waals surface area (Å²) in [7, 11) is 0. The lowest BCUT2D eigenvalue weighted by Gasteiger charge is -2.14. The van der Waals surface area contributed by atoms with Gasteiger partial charge < -0.3 is 9.13 Å². The Kier molecular flexibility index (Phi) is 9.50. The molecule has 3 heterocycles. The first-order valence-electron chi connectivity index (χ1n) is 23.3. The molecule has 3 aromatic heterocycles. The lowest BCUT2D eigenvalue weighted by Crippen LogP contribution is -1.96. The van der Waals surface area contributed by atoms with E-state index >= 15 is 0 Å². The highest BCUT2D eigenvalue weighted by molar-refractivity contribution is 6.13. The summed E-state index contributed by atoms with van der Waals surface area (Å²) < 4.78 is 4.86. The minimum absolute atomic E-state index is 0.953. The van der Waals surface area contributed by atoms with E-state index in [0.717, 1.165) is 45.0 Å². The van der Waals surface area contributed by atoms with Gasteiger partial charge in [0.1, 0.15) is 0 Å². The van der Waals surface area contributed by atoms with Gasteiger partial charge in [-0.2, -0.15) is 0 Å². The molecule has 0 amide bonds. The van der Waals surface area contributed by atoms with Crippen LogP contribution in [0.2, 0.25) is 0 Å². The van der Waals surface area contributed by atoms with Crippen LogP contribution >= 0.6 is 0 Å². The minimum atomic E-state index is 0.953. The topological polar surface area (TPSA) is 22.8 Å². The molecule has 13 rings (SSSR count). The molecule has 318 valence electrons. The van der Waals surface area contributed by atoms with Crippen molar-refractivity contribution in [1.29, 1.82) is 0 Å². The van der Waals surface area contributed by atoms with Gasteiger partial charge in [0.05, 0.1) is 33.5 Å². The van der Waals surface area contributed by atoms with Gasteiger partial charge in [-0.1, -0.05) is 182 Å². The Labute approximate surface area is 395 Å². The van der Waals surface area contributed by atoms with Crippen LogP contribution in [0.5, 0.6) is 0 Å². The number of rotatable bonds is 8. The predicted octanol–water partition coefficient (Wildman–Crippen LogP) is 17.3. The maximum atomic E-state index is 5.15. The molecule has 3 nitrogen and oxygen atoms in total. The molecule has 0 spiro atoms. The standard InChI is InChI=1S/C65H43N3/c1-5-18-44(19-6-1)51-36-52(45-20-7-2-8-21-45)39-55(38-51)68-63-31-16-14-29-57(63)59-41-50(33-35-65(59)68)49-32-34-64-58(40-49)56-28-13-15-30-62(56)67(64)54-27-17-26-48(37-54)53-42-60(46-22-9-3-10-23-46)66-61(43-53)47-24-11-4-12-25-47/h1-43H. The average molecular weight is 866 g/mol. The third-order valence-electron chi connectivity index (χ3n) is 13.5. The van der Waals surface area contributed by atoms with Gasteiger partial charge in [-0.05, 0) is 123 Å². The molecule has 10 aromatic carbocycles. The van der Waals surface area contributed by atoms with Crippen LogP contribution in [0.25, 0.3) is 122 Å². The van der Waals surface area contributed by atoms with E-state index in [9.17, 15) is 0 Å². The van der Waals surface area contributed by atoms with Crippen molar-refractivity contribution in [3.63, 3.8) is 0 Å². The molecule has 0 N–H and O–H groups in total. The predicted molar refractivity (Wildman–Crippen MR) is 286 cm³/mol. The normalized spacial score (nSPS) is 11.5. The van der Waals surface area contributed by atoms with Crippen LogP contribution in [0, 0.1) is 0 Å². The quantitative estimate of drug-likeness (QED) is 0.149. The van der Waals surface area contributed by atoms with Crippen molar-refractivity contribution in [1.82, 2.24) is 14.1 Å². The Morgan fingerprint density at radius 2 is 0.574 bits per heavy atom. The third-order valence-corrected chi connectivity index (χ3v) is 13.5. The zero-order valence-electron chi connectivity index (χ0n) is 37.2. The number of pyridine rings is 1. The van der Waals surface area contributed by atoms with Crippen molar-refractivity contribution in [2.45, 2.75) is 0 Å². The largest absolute Gasteiger partial charge is 0.309 e. The summed E-state index contributed by atoms with van der Waals surface area (Å²) in [5.74, 6) is 0. The van der Waals surface area contributed by atoms with E-state index in [1.165, 1.54) is 77.0 Å². The van der Waals surface area contributed by atoms with Crippen LogP contribution in [-0.2, 0) is 0 Å².